The van der Waals surface area contributed by atoms with Gasteiger partial charge in [-0.15, -0.1) is 11.8 Å². The van der Waals surface area contributed by atoms with Crippen LogP contribution in [-0.2, 0) is 0 Å². The van der Waals surface area contributed by atoms with Gasteiger partial charge in [-0.2, -0.15) is 10.2 Å². The topological polar surface area (TPSA) is 71.2 Å². The maximum absolute atomic E-state index is 9.22. The number of nitrogens with zero attached hydrogens (tertiary/aromatic N) is 4. The molecule has 0 bridgehead atoms. The van der Waals surface area contributed by atoms with Gasteiger partial charge >= 0.3 is 6.01 Å². The van der Waals surface area contributed by atoms with Crippen LogP contribution in [0, 0.1) is 11.3 Å². The molecule has 0 saturated carbocycles. The van der Waals surface area contributed by atoms with E-state index < -0.39 is 5.92 Å². The fraction of sp³-hybridized carbons (Fsp3) is 0.455. The minimum absolute atomic E-state index is 0.314. The van der Waals surface area contributed by atoms with Gasteiger partial charge in [-0.25, -0.2) is 4.98 Å². The van der Waals surface area contributed by atoms with E-state index in [2.05, 4.69) is 21.0 Å². The molecule has 0 aromatic carbocycles. The Hall–Kier alpha value is -1.61. The van der Waals surface area contributed by atoms with E-state index in [1.807, 2.05) is 6.92 Å². The Labute approximate surface area is 104 Å². The van der Waals surface area contributed by atoms with Gasteiger partial charge in [-0.3, -0.25) is 4.99 Å². The van der Waals surface area contributed by atoms with Crippen molar-refractivity contribution in [3.63, 3.8) is 0 Å². The van der Waals surface area contributed by atoms with E-state index >= 15 is 0 Å². The summed E-state index contributed by atoms with van der Waals surface area (Å²) in [4.78, 5) is 12.5. The third-order valence-corrected chi connectivity index (χ3v) is 3.26. The molecule has 0 fully saturated rings. The molecule has 1 aromatic rings. The van der Waals surface area contributed by atoms with Gasteiger partial charge in [-0.1, -0.05) is 0 Å². The SMILES string of the molecule is CCOc1nccc(C(C#N)C2=NCCS2)n1. The lowest BCUT2D eigenvalue weighted by molar-refractivity contribution is 0.311. The average Bonchev–Trinajstić information content (AvgIpc) is 2.85. The first-order chi connectivity index (χ1) is 8.35. The number of aromatic nitrogens is 2. The lowest BCUT2D eigenvalue weighted by atomic mass is 10.1. The molecule has 5 nitrogen and oxygen atoms in total. The third-order valence-electron chi connectivity index (χ3n) is 2.21. The maximum Gasteiger partial charge on any atom is 0.316 e. The van der Waals surface area contributed by atoms with Gasteiger partial charge in [0.05, 0.1) is 23.4 Å². The van der Waals surface area contributed by atoms with E-state index in [9.17, 15) is 5.26 Å². The largest absolute Gasteiger partial charge is 0.464 e. The lowest BCUT2D eigenvalue weighted by Crippen LogP contribution is -2.09. The van der Waals surface area contributed by atoms with E-state index in [4.69, 9.17) is 4.74 Å². The highest BCUT2D eigenvalue weighted by molar-refractivity contribution is 8.14. The van der Waals surface area contributed by atoms with Crippen LogP contribution in [0.5, 0.6) is 6.01 Å². The second-order valence-corrected chi connectivity index (χ2v) is 4.44. The van der Waals surface area contributed by atoms with Crippen LogP contribution in [0.3, 0.4) is 0 Å². The number of nitriles is 1. The zero-order valence-corrected chi connectivity index (χ0v) is 10.3. The summed E-state index contributed by atoms with van der Waals surface area (Å²) in [5.74, 6) is 0.543. The fourth-order valence-electron chi connectivity index (χ4n) is 1.49. The molecule has 0 saturated heterocycles. The van der Waals surface area contributed by atoms with Crippen LogP contribution < -0.4 is 4.74 Å². The number of aliphatic imine (C=N–C) groups is 1. The summed E-state index contributed by atoms with van der Waals surface area (Å²) in [6, 6.07) is 4.28. The number of thioether (sulfide) groups is 1. The Bertz CT molecular complexity index is 469. The molecule has 1 aliphatic heterocycles. The summed E-state index contributed by atoms with van der Waals surface area (Å²) in [7, 11) is 0. The number of rotatable bonds is 4. The smallest absolute Gasteiger partial charge is 0.316 e. The standard InChI is InChI=1S/C11H12N4OS/c1-2-16-11-14-4-3-9(15-11)8(7-12)10-13-5-6-17-10/h3-4,8H,2,5-6H2,1H3. The van der Waals surface area contributed by atoms with Crippen LogP contribution in [0.25, 0.3) is 0 Å². The molecule has 1 atom stereocenters. The Morgan fingerprint density at radius 1 is 1.65 bits per heavy atom. The fourth-order valence-corrected chi connectivity index (χ4v) is 2.40. The van der Waals surface area contributed by atoms with Crippen molar-refractivity contribution in [1.29, 1.82) is 5.26 Å². The van der Waals surface area contributed by atoms with Gasteiger partial charge in [0, 0.05) is 18.5 Å². The van der Waals surface area contributed by atoms with Crippen LogP contribution in [0.15, 0.2) is 17.3 Å². The molecule has 2 heterocycles. The van der Waals surface area contributed by atoms with Crippen LogP contribution in [0.1, 0.15) is 18.5 Å². The van der Waals surface area contributed by atoms with Crippen molar-refractivity contribution in [2.24, 2.45) is 4.99 Å². The van der Waals surface area contributed by atoms with Gasteiger partial charge in [0.2, 0.25) is 0 Å². The molecule has 17 heavy (non-hydrogen) atoms. The Balaban J connectivity index is 2.25. The van der Waals surface area contributed by atoms with Crippen LogP contribution in [0.2, 0.25) is 0 Å². The molecular weight excluding hydrogens is 236 g/mol. The second-order valence-electron chi connectivity index (χ2n) is 3.33. The quantitative estimate of drug-likeness (QED) is 0.809. The minimum atomic E-state index is -0.398. The summed E-state index contributed by atoms with van der Waals surface area (Å²) >= 11 is 1.62. The molecule has 88 valence electrons. The van der Waals surface area contributed by atoms with Crippen molar-refractivity contribution in [2.75, 3.05) is 18.9 Å². The monoisotopic (exact) mass is 248 g/mol. The van der Waals surface area contributed by atoms with Gasteiger partial charge in [0.25, 0.3) is 0 Å². The molecular formula is C11H12N4OS. The Kier molecular flexibility index (Phi) is 3.94. The molecule has 0 radical (unpaired) electrons. The van der Waals surface area contributed by atoms with Crippen molar-refractivity contribution in [3.8, 4) is 12.1 Å². The molecule has 0 spiro atoms. The van der Waals surface area contributed by atoms with Crippen LogP contribution in [0.4, 0.5) is 0 Å². The summed E-state index contributed by atoms with van der Waals surface area (Å²) < 4.78 is 5.23. The van der Waals surface area contributed by atoms with Crippen molar-refractivity contribution < 1.29 is 4.74 Å². The van der Waals surface area contributed by atoms with Crippen LogP contribution in [-0.4, -0.2) is 33.9 Å². The lowest BCUT2D eigenvalue weighted by Gasteiger charge is -2.08. The maximum atomic E-state index is 9.22. The number of ether oxygens (including phenoxy) is 1. The van der Waals surface area contributed by atoms with E-state index in [1.54, 1.807) is 24.0 Å². The first kappa shape index (κ1) is 11.9. The van der Waals surface area contributed by atoms with Gasteiger partial charge < -0.3 is 4.74 Å². The minimum Gasteiger partial charge on any atom is -0.464 e. The van der Waals surface area contributed by atoms with E-state index in [1.165, 1.54) is 0 Å². The zero-order valence-electron chi connectivity index (χ0n) is 9.46. The summed E-state index contributed by atoms with van der Waals surface area (Å²) in [6.45, 7) is 3.16. The molecule has 1 aliphatic rings. The predicted octanol–water partition coefficient (Wildman–Crippen LogP) is 1.63. The van der Waals surface area contributed by atoms with Crippen molar-refractivity contribution in [2.45, 2.75) is 12.8 Å². The highest BCUT2D eigenvalue weighted by atomic mass is 32.2. The molecule has 2 rings (SSSR count). The third kappa shape index (κ3) is 2.74. The first-order valence-corrected chi connectivity index (χ1v) is 6.36. The molecule has 0 aliphatic carbocycles. The Morgan fingerprint density at radius 2 is 2.53 bits per heavy atom. The molecule has 0 N–H and O–H groups in total. The predicted molar refractivity (Wildman–Crippen MR) is 66.3 cm³/mol. The van der Waals surface area contributed by atoms with Gasteiger partial charge in [0.15, 0.2) is 0 Å². The van der Waals surface area contributed by atoms with E-state index in [0.717, 1.165) is 17.3 Å². The summed E-state index contributed by atoms with van der Waals surface area (Å²) in [5.41, 5.74) is 0.652. The highest BCUT2D eigenvalue weighted by Crippen LogP contribution is 2.26. The first-order valence-electron chi connectivity index (χ1n) is 5.37. The van der Waals surface area contributed by atoms with Crippen LogP contribution >= 0.6 is 11.8 Å². The number of hydrogen-bond donors (Lipinski definition) is 0. The summed E-state index contributed by atoms with van der Waals surface area (Å²) in [5, 5.41) is 10.1. The Morgan fingerprint density at radius 3 is 3.18 bits per heavy atom. The normalized spacial score (nSPS) is 16.1. The molecule has 1 aromatic heterocycles. The van der Waals surface area contributed by atoms with E-state index in [-0.39, 0.29) is 0 Å². The van der Waals surface area contributed by atoms with E-state index in [0.29, 0.717) is 18.3 Å². The zero-order chi connectivity index (χ0) is 12.1. The van der Waals surface area contributed by atoms with Crippen molar-refractivity contribution >= 4 is 16.8 Å². The van der Waals surface area contributed by atoms with Crippen molar-refractivity contribution in [3.05, 3.63) is 18.0 Å². The van der Waals surface area contributed by atoms with Gasteiger partial charge in [-0.05, 0) is 13.0 Å². The molecule has 1 unspecified atom stereocenters. The molecule has 6 heteroatoms. The van der Waals surface area contributed by atoms with Gasteiger partial charge in [0.1, 0.15) is 5.92 Å². The second kappa shape index (κ2) is 5.64. The van der Waals surface area contributed by atoms with Crippen molar-refractivity contribution in [1.82, 2.24) is 9.97 Å². The summed E-state index contributed by atoms with van der Waals surface area (Å²) in [6.07, 6.45) is 1.61. The number of hydrogen-bond acceptors (Lipinski definition) is 6. The average molecular weight is 248 g/mol. The molecule has 0 amide bonds. The highest BCUT2D eigenvalue weighted by Gasteiger charge is 2.23.